The maximum Gasteiger partial charge on any atom is 0.231 e. The highest BCUT2D eigenvalue weighted by atomic mass is 32.2. The first-order valence-electron chi connectivity index (χ1n) is 6.96. The van der Waals surface area contributed by atoms with E-state index in [1.54, 1.807) is 0 Å². The molecule has 0 amide bonds. The first-order valence-corrected chi connectivity index (χ1v) is 7.95. The molecule has 108 valence electrons. The van der Waals surface area contributed by atoms with E-state index in [0.717, 1.165) is 30.1 Å². The minimum atomic E-state index is 0.340. The molecule has 0 fully saturated rings. The topological polar surface area (TPSA) is 18.5 Å². The Balaban J connectivity index is 1.79. The molecular formula is C17H22O2S. The van der Waals surface area contributed by atoms with Gasteiger partial charge in [0.2, 0.25) is 6.79 Å². The Morgan fingerprint density at radius 2 is 1.95 bits per heavy atom. The van der Waals surface area contributed by atoms with Crippen molar-refractivity contribution in [3.8, 4) is 11.5 Å². The van der Waals surface area contributed by atoms with Crippen LogP contribution in [0.1, 0.15) is 33.6 Å². The fourth-order valence-corrected chi connectivity index (χ4v) is 2.85. The molecule has 0 aliphatic carbocycles. The molecule has 1 heterocycles. The first-order chi connectivity index (χ1) is 9.65. The number of fused-ring (bicyclic) bond motifs is 1. The smallest absolute Gasteiger partial charge is 0.231 e. The van der Waals surface area contributed by atoms with Crippen molar-refractivity contribution in [2.75, 3.05) is 12.5 Å². The molecule has 0 unspecified atom stereocenters. The number of allylic oxidation sites excluding steroid dienone is 3. The maximum atomic E-state index is 5.38. The van der Waals surface area contributed by atoms with Crippen LogP contribution in [0.5, 0.6) is 11.5 Å². The van der Waals surface area contributed by atoms with Crippen LogP contribution in [-0.2, 0) is 0 Å². The zero-order valence-corrected chi connectivity index (χ0v) is 13.3. The summed E-state index contributed by atoms with van der Waals surface area (Å²) in [5.41, 5.74) is 2.85. The summed E-state index contributed by atoms with van der Waals surface area (Å²) in [5, 5.41) is 0. The summed E-state index contributed by atoms with van der Waals surface area (Å²) in [6.07, 6.45) is 6.89. The summed E-state index contributed by atoms with van der Waals surface area (Å²) in [7, 11) is 0. The highest BCUT2D eigenvalue weighted by molar-refractivity contribution is 7.99. The molecule has 1 aliphatic heterocycles. The van der Waals surface area contributed by atoms with Gasteiger partial charge < -0.3 is 9.47 Å². The van der Waals surface area contributed by atoms with Crippen LogP contribution in [0.15, 0.2) is 46.4 Å². The first kappa shape index (κ1) is 15.0. The van der Waals surface area contributed by atoms with Crippen molar-refractivity contribution in [1.29, 1.82) is 0 Å². The summed E-state index contributed by atoms with van der Waals surface area (Å²) in [4.78, 5) is 1.22. The third kappa shape index (κ3) is 4.64. The molecule has 0 spiro atoms. The van der Waals surface area contributed by atoms with E-state index in [2.05, 4.69) is 45.1 Å². The Labute approximate surface area is 125 Å². The number of benzene rings is 1. The Kier molecular flexibility index (Phi) is 5.60. The van der Waals surface area contributed by atoms with Gasteiger partial charge in [-0.15, -0.1) is 11.8 Å². The van der Waals surface area contributed by atoms with Gasteiger partial charge in [0.1, 0.15) is 0 Å². The molecule has 0 saturated carbocycles. The number of hydrogen-bond donors (Lipinski definition) is 0. The molecule has 3 heteroatoms. The second-order valence-corrected chi connectivity index (χ2v) is 6.29. The van der Waals surface area contributed by atoms with Gasteiger partial charge in [-0.3, -0.25) is 0 Å². The van der Waals surface area contributed by atoms with Crippen LogP contribution in [0, 0.1) is 0 Å². The lowest BCUT2D eigenvalue weighted by Crippen LogP contribution is -1.92. The van der Waals surface area contributed by atoms with Crippen LogP contribution in [0.3, 0.4) is 0 Å². The van der Waals surface area contributed by atoms with E-state index >= 15 is 0 Å². The average molecular weight is 290 g/mol. The van der Waals surface area contributed by atoms with Crippen molar-refractivity contribution >= 4 is 11.8 Å². The number of hydrogen-bond acceptors (Lipinski definition) is 3. The lowest BCUT2D eigenvalue weighted by Gasteiger charge is -2.02. The van der Waals surface area contributed by atoms with Gasteiger partial charge in [-0.25, -0.2) is 0 Å². The second kappa shape index (κ2) is 7.44. The van der Waals surface area contributed by atoms with Crippen molar-refractivity contribution in [1.82, 2.24) is 0 Å². The largest absolute Gasteiger partial charge is 0.454 e. The maximum absolute atomic E-state index is 5.38. The van der Waals surface area contributed by atoms with Crippen LogP contribution >= 0.6 is 11.8 Å². The van der Waals surface area contributed by atoms with Gasteiger partial charge >= 0.3 is 0 Å². The molecule has 0 aromatic heterocycles. The minimum Gasteiger partial charge on any atom is -0.454 e. The molecule has 1 aliphatic rings. The lowest BCUT2D eigenvalue weighted by atomic mass is 10.1. The van der Waals surface area contributed by atoms with Crippen LogP contribution < -0.4 is 9.47 Å². The van der Waals surface area contributed by atoms with E-state index in [1.807, 2.05) is 17.8 Å². The predicted molar refractivity (Wildman–Crippen MR) is 85.7 cm³/mol. The third-order valence-electron chi connectivity index (χ3n) is 3.12. The summed E-state index contributed by atoms with van der Waals surface area (Å²) in [5.74, 6) is 2.71. The summed E-state index contributed by atoms with van der Waals surface area (Å²) < 4.78 is 10.7. The Bertz CT molecular complexity index is 514. The van der Waals surface area contributed by atoms with Crippen LogP contribution in [0.2, 0.25) is 0 Å². The highest BCUT2D eigenvalue weighted by Crippen LogP contribution is 2.35. The van der Waals surface area contributed by atoms with Gasteiger partial charge in [-0.1, -0.05) is 23.3 Å². The number of rotatable bonds is 6. The van der Waals surface area contributed by atoms with Gasteiger partial charge in [-0.2, -0.15) is 0 Å². The van der Waals surface area contributed by atoms with Crippen LogP contribution in [-0.4, -0.2) is 12.5 Å². The van der Waals surface area contributed by atoms with Gasteiger partial charge in [0.05, 0.1) is 0 Å². The lowest BCUT2D eigenvalue weighted by molar-refractivity contribution is 0.174. The van der Waals surface area contributed by atoms with E-state index in [-0.39, 0.29) is 0 Å². The molecule has 0 N–H and O–H groups in total. The van der Waals surface area contributed by atoms with E-state index < -0.39 is 0 Å². The SMILES string of the molecule is CC(C)=CCC/C(C)=C/CSc1ccc2c(c1)OCO2. The second-order valence-electron chi connectivity index (χ2n) is 5.20. The Morgan fingerprint density at radius 1 is 1.15 bits per heavy atom. The molecule has 0 atom stereocenters. The molecule has 1 aromatic rings. The number of ether oxygens (including phenoxy) is 2. The monoisotopic (exact) mass is 290 g/mol. The molecular weight excluding hydrogens is 268 g/mol. The zero-order valence-electron chi connectivity index (χ0n) is 12.4. The Hall–Kier alpha value is -1.35. The van der Waals surface area contributed by atoms with Gasteiger partial charge in [0.25, 0.3) is 0 Å². The third-order valence-corrected chi connectivity index (χ3v) is 4.04. The number of thioether (sulfide) groups is 1. The van der Waals surface area contributed by atoms with Crippen LogP contribution in [0.25, 0.3) is 0 Å². The summed E-state index contributed by atoms with van der Waals surface area (Å²) >= 11 is 1.83. The normalized spacial score (nSPS) is 13.4. The fraction of sp³-hybridized carbons (Fsp3) is 0.412. The molecule has 1 aromatic carbocycles. The van der Waals surface area contributed by atoms with E-state index in [0.29, 0.717) is 6.79 Å². The van der Waals surface area contributed by atoms with Crippen molar-refractivity contribution < 1.29 is 9.47 Å². The standard InChI is InChI=1S/C17H22O2S/c1-13(2)5-4-6-14(3)9-10-20-15-7-8-16-17(11-15)19-12-18-16/h5,7-9,11H,4,6,10,12H2,1-3H3/b14-9+. The molecule has 2 nitrogen and oxygen atoms in total. The van der Waals surface area contributed by atoms with Gasteiger partial charge in [0.15, 0.2) is 11.5 Å². The quantitative estimate of drug-likeness (QED) is 0.530. The van der Waals surface area contributed by atoms with Crippen molar-refractivity contribution in [3.63, 3.8) is 0 Å². The zero-order chi connectivity index (χ0) is 14.4. The summed E-state index contributed by atoms with van der Waals surface area (Å²) in [6, 6.07) is 6.12. The van der Waals surface area contributed by atoms with Crippen molar-refractivity contribution in [3.05, 3.63) is 41.5 Å². The highest BCUT2D eigenvalue weighted by Gasteiger charge is 2.12. The summed E-state index contributed by atoms with van der Waals surface area (Å²) in [6.45, 7) is 6.84. The Morgan fingerprint density at radius 3 is 2.75 bits per heavy atom. The fourth-order valence-electron chi connectivity index (χ4n) is 1.94. The van der Waals surface area contributed by atoms with E-state index in [1.165, 1.54) is 16.0 Å². The van der Waals surface area contributed by atoms with Crippen molar-refractivity contribution in [2.24, 2.45) is 0 Å². The van der Waals surface area contributed by atoms with Crippen molar-refractivity contribution in [2.45, 2.75) is 38.5 Å². The molecule has 2 rings (SSSR count). The van der Waals surface area contributed by atoms with Gasteiger partial charge in [0, 0.05) is 10.6 Å². The van der Waals surface area contributed by atoms with Crippen LogP contribution in [0.4, 0.5) is 0 Å². The molecule has 20 heavy (non-hydrogen) atoms. The molecule has 0 radical (unpaired) electrons. The predicted octanol–water partition coefficient (Wildman–Crippen LogP) is 5.20. The average Bonchev–Trinajstić information content (AvgIpc) is 2.85. The minimum absolute atomic E-state index is 0.340. The van der Waals surface area contributed by atoms with Gasteiger partial charge in [-0.05, 0) is 51.8 Å². The molecule has 0 saturated heterocycles. The molecule has 0 bridgehead atoms. The van der Waals surface area contributed by atoms with E-state index in [9.17, 15) is 0 Å². The van der Waals surface area contributed by atoms with E-state index in [4.69, 9.17) is 9.47 Å².